The molecular formula is C20H17FN4O2S. The van der Waals surface area contributed by atoms with E-state index in [4.69, 9.17) is 0 Å². The summed E-state index contributed by atoms with van der Waals surface area (Å²) in [6, 6.07) is 13.0. The molecule has 0 saturated carbocycles. The van der Waals surface area contributed by atoms with Crippen molar-refractivity contribution in [1.82, 2.24) is 14.4 Å². The van der Waals surface area contributed by atoms with E-state index in [2.05, 4.69) is 14.7 Å². The van der Waals surface area contributed by atoms with E-state index in [0.29, 0.717) is 17.2 Å². The Hall–Kier alpha value is -3.26. The highest BCUT2D eigenvalue weighted by atomic mass is 32.2. The molecule has 0 unspecified atom stereocenters. The van der Waals surface area contributed by atoms with Crippen LogP contribution in [0.1, 0.15) is 11.1 Å². The summed E-state index contributed by atoms with van der Waals surface area (Å²) in [6.07, 6.45) is 5.32. The summed E-state index contributed by atoms with van der Waals surface area (Å²) in [7, 11) is -3.78. The van der Waals surface area contributed by atoms with Crippen molar-refractivity contribution < 1.29 is 12.8 Å². The molecule has 6 nitrogen and oxygen atoms in total. The normalized spacial score (nSPS) is 11.6. The lowest BCUT2D eigenvalue weighted by molar-refractivity contribution is 0.591. The van der Waals surface area contributed by atoms with Crippen molar-refractivity contribution in [1.29, 1.82) is 0 Å². The van der Waals surface area contributed by atoms with Gasteiger partial charge in [0.05, 0.1) is 17.1 Å². The fraction of sp³-hybridized carbons (Fsp3) is 0.100. The molecule has 0 aliphatic carbocycles. The van der Waals surface area contributed by atoms with E-state index >= 15 is 0 Å². The summed E-state index contributed by atoms with van der Waals surface area (Å²) in [5.41, 5.74) is 2.73. The largest absolute Gasteiger partial charge is 0.291 e. The van der Waals surface area contributed by atoms with Crippen LogP contribution in [0.2, 0.25) is 0 Å². The number of sulfonamides is 1. The first-order valence-electron chi connectivity index (χ1n) is 8.56. The molecule has 0 bridgehead atoms. The second-order valence-corrected chi connectivity index (χ2v) is 8.16. The monoisotopic (exact) mass is 396 g/mol. The van der Waals surface area contributed by atoms with Crippen LogP contribution in [-0.2, 0) is 15.8 Å². The summed E-state index contributed by atoms with van der Waals surface area (Å²) >= 11 is 0. The molecule has 2 heterocycles. The number of hydrogen-bond donors (Lipinski definition) is 1. The molecule has 0 aliphatic heterocycles. The highest BCUT2D eigenvalue weighted by Crippen LogP contribution is 2.26. The van der Waals surface area contributed by atoms with Crippen molar-refractivity contribution in [2.24, 2.45) is 0 Å². The first-order chi connectivity index (χ1) is 13.4. The highest BCUT2D eigenvalue weighted by molar-refractivity contribution is 7.91. The van der Waals surface area contributed by atoms with Crippen LogP contribution in [0.4, 0.5) is 10.1 Å². The van der Waals surface area contributed by atoms with Gasteiger partial charge in [-0.25, -0.2) is 22.8 Å². The number of rotatable bonds is 5. The maximum atomic E-state index is 13.8. The Morgan fingerprint density at radius 2 is 1.96 bits per heavy atom. The number of benzene rings is 2. The van der Waals surface area contributed by atoms with Gasteiger partial charge in [-0.3, -0.25) is 9.12 Å². The quantitative estimate of drug-likeness (QED) is 0.557. The zero-order chi connectivity index (χ0) is 19.7. The Kier molecular flexibility index (Phi) is 4.56. The number of fused-ring (bicyclic) bond motifs is 1. The van der Waals surface area contributed by atoms with Gasteiger partial charge in [-0.2, -0.15) is 0 Å². The second kappa shape index (κ2) is 7.05. The van der Waals surface area contributed by atoms with Crippen LogP contribution >= 0.6 is 0 Å². The van der Waals surface area contributed by atoms with Crippen LogP contribution in [-0.4, -0.2) is 22.8 Å². The van der Waals surface area contributed by atoms with Gasteiger partial charge in [-0.05, 0) is 30.7 Å². The van der Waals surface area contributed by atoms with E-state index in [0.717, 1.165) is 11.1 Å². The van der Waals surface area contributed by atoms with E-state index in [1.165, 1.54) is 18.2 Å². The maximum Gasteiger partial charge on any atom is 0.237 e. The lowest BCUT2D eigenvalue weighted by atomic mass is 10.1. The van der Waals surface area contributed by atoms with Gasteiger partial charge in [0.15, 0.2) is 0 Å². The minimum atomic E-state index is -3.78. The molecule has 0 radical (unpaired) electrons. The number of aryl methyl sites for hydroxylation is 1. The smallest absolute Gasteiger partial charge is 0.237 e. The minimum Gasteiger partial charge on any atom is -0.291 e. The third-order valence-corrected chi connectivity index (χ3v) is 5.56. The minimum absolute atomic E-state index is 0.121. The average molecular weight is 396 g/mol. The Morgan fingerprint density at radius 1 is 1.14 bits per heavy atom. The van der Waals surface area contributed by atoms with Crippen LogP contribution in [0.25, 0.3) is 17.0 Å². The summed E-state index contributed by atoms with van der Waals surface area (Å²) < 4.78 is 43.3. The number of imidazole rings is 1. The molecular weight excluding hydrogens is 379 g/mol. The SMILES string of the molecule is Cc1ccc(-c2cn3cccnc3n2)cc1NS(=O)(=O)Cc1ccccc1F. The number of halogens is 1. The summed E-state index contributed by atoms with van der Waals surface area (Å²) in [5, 5.41) is 0. The Morgan fingerprint density at radius 3 is 2.75 bits per heavy atom. The predicted octanol–water partition coefficient (Wildman–Crippen LogP) is 3.79. The van der Waals surface area contributed by atoms with Gasteiger partial charge >= 0.3 is 0 Å². The molecule has 4 aromatic rings. The van der Waals surface area contributed by atoms with Crippen LogP contribution < -0.4 is 4.72 Å². The zero-order valence-electron chi connectivity index (χ0n) is 15.0. The lowest BCUT2D eigenvalue weighted by Gasteiger charge is -2.12. The van der Waals surface area contributed by atoms with Crippen LogP contribution in [0, 0.1) is 12.7 Å². The van der Waals surface area contributed by atoms with Crippen molar-refractivity contribution in [3.8, 4) is 11.3 Å². The second-order valence-electron chi connectivity index (χ2n) is 6.44. The van der Waals surface area contributed by atoms with Gasteiger partial charge in [0.25, 0.3) is 0 Å². The van der Waals surface area contributed by atoms with Crippen LogP contribution in [0.15, 0.2) is 67.1 Å². The number of nitrogens with zero attached hydrogens (tertiary/aromatic N) is 3. The Bertz CT molecular complexity index is 1240. The number of aromatic nitrogens is 3. The van der Waals surface area contributed by atoms with E-state index in [9.17, 15) is 12.8 Å². The first-order valence-corrected chi connectivity index (χ1v) is 10.2. The molecule has 0 spiro atoms. The van der Waals surface area contributed by atoms with Crippen molar-refractivity contribution in [3.63, 3.8) is 0 Å². The molecule has 4 rings (SSSR count). The molecule has 1 N–H and O–H groups in total. The third kappa shape index (κ3) is 3.72. The predicted molar refractivity (Wildman–Crippen MR) is 106 cm³/mol. The molecule has 0 amide bonds. The zero-order valence-corrected chi connectivity index (χ0v) is 15.8. The first kappa shape index (κ1) is 18.1. The van der Waals surface area contributed by atoms with E-state index in [-0.39, 0.29) is 5.56 Å². The van der Waals surface area contributed by atoms with Crippen molar-refractivity contribution in [2.75, 3.05) is 4.72 Å². The number of hydrogen-bond acceptors (Lipinski definition) is 4. The van der Waals surface area contributed by atoms with Crippen molar-refractivity contribution in [2.45, 2.75) is 12.7 Å². The summed E-state index contributed by atoms with van der Waals surface area (Å²) in [6.45, 7) is 1.80. The molecule has 8 heteroatoms. The molecule has 142 valence electrons. The van der Waals surface area contributed by atoms with E-state index in [1.807, 2.05) is 24.5 Å². The molecule has 0 fully saturated rings. The molecule has 0 atom stereocenters. The van der Waals surface area contributed by atoms with Crippen molar-refractivity contribution in [3.05, 3.63) is 84.1 Å². The fourth-order valence-electron chi connectivity index (χ4n) is 2.88. The van der Waals surface area contributed by atoms with Gasteiger partial charge in [0.1, 0.15) is 5.82 Å². The Labute approximate surface area is 161 Å². The fourth-order valence-corrected chi connectivity index (χ4v) is 4.15. The van der Waals surface area contributed by atoms with Gasteiger partial charge in [-0.15, -0.1) is 0 Å². The summed E-state index contributed by atoms with van der Waals surface area (Å²) in [4.78, 5) is 8.64. The average Bonchev–Trinajstić information content (AvgIpc) is 3.09. The van der Waals surface area contributed by atoms with Crippen LogP contribution in [0.3, 0.4) is 0 Å². The number of anilines is 1. The standard InChI is InChI=1S/C20H17FN4O2S/c1-14-7-8-15(19-12-25-10-4-9-22-20(25)23-19)11-18(14)24-28(26,27)13-16-5-2-3-6-17(16)21/h2-12,24H,13H2,1H3. The third-order valence-electron chi connectivity index (χ3n) is 4.34. The summed E-state index contributed by atoms with van der Waals surface area (Å²) in [5.74, 6) is -0.433. The van der Waals surface area contributed by atoms with Gasteiger partial charge < -0.3 is 0 Å². The van der Waals surface area contributed by atoms with E-state index < -0.39 is 21.6 Å². The highest BCUT2D eigenvalue weighted by Gasteiger charge is 2.16. The Balaban J connectivity index is 1.64. The topological polar surface area (TPSA) is 76.4 Å². The van der Waals surface area contributed by atoms with Gasteiger partial charge in [0, 0.05) is 29.7 Å². The number of nitrogens with one attached hydrogen (secondary N) is 1. The van der Waals surface area contributed by atoms with Crippen LogP contribution in [0.5, 0.6) is 0 Å². The van der Waals surface area contributed by atoms with Gasteiger partial charge in [-0.1, -0.05) is 30.3 Å². The van der Waals surface area contributed by atoms with E-state index in [1.54, 1.807) is 35.7 Å². The maximum absolute atomic E-state index is 13.8. The lowest BCUT2D eigenvalue weighted by Crippen LogP contribution is -2.16. The van der Waals surface area contributed by atoms with Crippen molar-refractivity contribution >= 4 is 21.5 Å². The molecule has 2 aromatic heterocycles. The molecule has 0 aliphatic rings. The molecule has 2 aromatic carbocycles. The molecule has 28 heavy (non-hydrogen) atoms. The van der Waals surface area contributed by atoms with Gasteiger partial charge in [0.2, 0.25) is 15.8 Å². The molecule has 0 saturated heterocycles.